The second kappa shape index (κ2) is 7.69. The summed E-state index contributed by atoms with van der Waals surface area (Å²) in [5, 5.41) is 6.17. The lowest BCUT2D eigenvalue weighted by atomic mass is 10.1. The molecule has 9 heteroatoms. The van der Waals surface area contributed by atoms with Gasteiger partial charge in [-0.2, -0.15) is 0 Å². The third-order valence-electron chi connectivity index (χ3n) is 4.78. The molecule has 0 aliphatic rings. The molecule has 156 valence electrons. The van der Waals surface area contributed by atoms with E-state index in [4.69, 9.17) is 8.83 Å². The first kappa shape index (κ1) is 19.6. The van der Waals surface area contributed by atoms with E-state index in [1.807, 2.05) is 30.3 Å². The van der Waals surface area contributed by atoms with E-state index in [1.165, 1.54) is 12.3 Å². The Hall–Kier alpha value is -3.40. The molecule has 0 aliphatic carbocycles. The highest BCUT2D eigenvalue weighted by atomic mass is 32.2. The van der Waals surface area contributed by atoms with Crippen molar-refractivity contribution in [1.82, 2.24) is 4.72 Å². The number of para-hydroxylation sites is 1. The monoisotopic (exact) mass is 452 g/mol. The van der Waals surface area contributed by atoms with Crippen LogP contribution in [0.25, 0.3) is 21.9 Å². The number of rotatable bonds is 6. The van der Waals surface area contributed by atoms with Gasteiger partial charge in [-0.25, -0.2) is 13.1 Å². The first-order valence-electron chi connectivity index (χ1n) is 9.33. The van der Waals surface area contributed by atoms with Crippen molar-refractivity contribution in [3.05, 3.63) is 82.9 Å². The van der Waals surface area contributed by atoms with Crippen LogP contribution >= 0.6 is 11.3 Å². The fourth-order valence-corrected chi connectivity index (χ4v) is 5.64. The molecule has 3 heterocycles. The average molecular weight is 453 g/mol. The number of benzene rings is 2. The van der Waals surface area contributed by atoms with Gasteiger partial charge in [0.25, 0.3) is 5.91 Å². The molecule has 5 aromatic rings. The summed E-state index contributed by atoms with van der Waals surface area (Å²) < 4.78 is 38.8. The average Bonchev–Trinajstić information content (AvgIpc) is 3.51. The maximum Gasteiger partial charge on any atom is 0.267 e. The van der Waals surface area contributed by atoms with E-state index in [-0.39, 0.29) is 16.3 Å². The van der Waals surface area contributed by atoms with Gasteiger partial charge in [0.05, 0.1) is 12.8 Å². The summed E-state index contributed by atoms with van der Waals surface area (Å²) in [6.07, 6.45) is 1.47. The Morgan fingerprint density at radius 2 is 1.81 bits per heavy atom. The number of anilines is 1. The van der Waals surface area contributed by atoms with Crippen LogP contribution < -0.4 is 10.0 Å². The zero-order valence-electron chi connectivity index (χ0n) is 16.0. The van der Waals surface area contributed by atoms with Crippen molar-refractivity contribution in [3.8, 4) is 0 Å². The van der Waals surface area contributed by atoms with Crippen LogP contribution in [0.2, 0.25) is 0 Å². The molecule has 0 saturated carbocycles. The number of amides is 1. The third kappa shape index (κ3) is 3.74. The van der Waals surface area contributed by atoms with Gasteiger partial charge in [-0.15, -0.1) is 11.3 Å². The molecule has 1 amide bonds. The molecule has 0 aliphatic heterocycles. The predicted molar refractivity (Wildman–Crippen MR) is 119 cm³/mol. The van der Waals surface area contributed by atoms with Crippen molar-refractivity contribution < 1.29 is 22.0 Å². The topological polar surface area (TPSA) is 102 Å². The molecule has 2 aromatic carbocycles. The van der Waals surface area contributed by atoms with Crippen LogP contribution in [-0.2, 0) is 16.6 Å². The number of carbonyl (C=O) groups is 1. The van der Waals surface area contributed by atoms with Crippen LogP contribution in [0.15, 0.2) is 86.0 Å². The van der Waals surface area contributed by atoms with E-state index < -0.39 is 15.9 Å². The molecule has 7 nitrogen and oxygen atoms in total. The van der Waals surface area contributed by atoms with Gasteiger partial charge in [-0.3, -0.25) is 4.79 Å². The van der Waals surface area contributed by atoms with Crippen LogP contribution in [-0.4, -0.2) is 14.3 Å². The fourth-order valence-electron chi connectivity index (χ4n) is 3.32. The Bertz CT molecular complexity index is 1500. The minimum Gasteiger partial charge on any atom is -0.468 e. The molecular weight excluding hydrogens is 436 g/mol. The number of furan rings is 2. The van der Waals surface area contributed by atoms with Crippen molar-refractivity contribution in [2.24, 2.45) is 0 Å². The van der Waals surface area contributed by atoms with Crippen LogP contribution in [0.5, 0.6) is 0 Å². The van der Waals surface area contributed by atoms with E-state index >= 15 is 0 Å². The van der Waals surface area contributed by atoms with Crippen molar-refractivity contribution >= 4 is 54.9 Å². The normalized spacial score (nSPS) is 11.9. The first-order valence-corrected chi connectivity index (χ1v) is 11.7. The molecule has 3 aromatic heterocycles. The quantitative estimate of drug-likeness (QED) is 0.379. The van der Waals surface area contributed by atoms with Crippen molar-refractivity contribution in [3.63, 3.8) is 0 Å². The number of sulfonamides is 1. The summed E-state index contributed by atoms with van der Waals surface area (Å²) in [5.41, 5.74) is 2.01. The molecule has 31 heavy (non-hydrogen) atoms. The summed E-state index contributed by atoms with van der Waals surface area (Å²) in [7, 11) is -3.89. The van der Waals surface area contributed by atoms with Gasteiger partial charge in [0, 0.05) is 16.5 Å². The van der Waals surface area contributed by atoms with E-state index in [1.54, 1.807) is 29.6 Å². The van der Waals surface area contributed by atoms with Crippen LogP contribution in [0.3, 0.4) is 0 Å². The number of carbonyl (C=O) groups excluding carboxylic acids is 1. The highest BCUT2D eigenvalue weighted by Gasteiger charge is 2.24. The summed E-state index contributed by atoms with van der Waals surface area (Å²) >= 11 is 1.06. The SMILES string of the molecule is O=C(Nc1ccc2oc3ccccc3c2c1)c1sccc1S(=O)(=O)NCc1ccco1. The lowest BCUT2D eigenvalue weighted by Crippen LogP contribution is -2.25. The molecule has 0 spiro atoms. The van der Waals surface area contributed by atoms with Gasteiger partial charge in [0.1, 0.15) is 26.7 Å². The first-order chi connectivity index (χ1) is 15.0. The number of nitrogens with one attached hydrogen (secondary N) is 2. The maximum atomic E-state index is 12.9. The highest BCUT2D eigenvalue weighted by molar-refractivity contribution is 7.89. The number of fused-ring (bicyclic) bond motifs is 3. The molecule has 0 saturated heterocycles. The number of thiophene rings is 1. The molecule has 0 fully saturated rings. The fraction of sp³-hybridized carbons (Fsp3) is 0.0455. The van der Waals surface area contributed by atoms with Gasteiger partial charge in [0.15, 0.2) is 0 Å². The Kier molecular flexibility index (Phi) is 4.85. The molecule has 5 rings (SSSR count). The minimum absolute atomic E-state index is 0.00350. The van der Waals surface area contributed by atoms with Gasteiger partial charge in [-0.05, 0) is 47.8 Å². The Balaban J connectivity index is 1.40. The lowest BCUT2D eigenvalue weighted by Gasteiger charge is -2.08. The van der Waals surface area contributed by atoms with E-state index in [0.29, 0.717) is 17.0 Å². The van der Waals surface area contributed by atoms with Gasteiger partial charge < -0.3 is 14.2 Å². The second-order valence-corrected chi connectivity index (χ2v) is 9.43. The summed E-state index contributed by atoms with van der Waals surface area (Å²) in [4.78, 5) is 12.9. The Labute approximate surface area is 181 Å². The van der Waals surface area contributed by atoms with Gasteiger partial charge in [-0.1, -0.05) is 18.2 Å². The third-order valence-corrected chi connectivity index (χ3v) is 7.26. The molecule has 0 atom stereocenters. The molecule has 0 unspecified atom stereocenters. The van der Waals surface area contributed by atoms with Crippen molar-refractivity contribution in [2.45, 2.75) is 11.4 Å². The van der Waals surface area contributed by atoms with Crippen LogP contribution in [0.1, 0.15) is 15.4 Å². The zero-order chi connectivity index (χ0) is 21.4. The largest absolute Gasteiger partial charge is 0.468 e. The molecule has 2 N–H and O–H groups in total. The Morgan fingerprint density at radius 1 is 0.968 bits per heavy atom. The van der Waals surface area contributed by atoms with Crippen molar-refractivity contribution in [1.29, 1.82) is 0 Å². The standard InChI is InChI=1S/C22H16N2O5S2/c25-22(21-20(9-11-30-21)31(26,27)23-13-15-4-3-10-28-15)24-14-7-8-19-17(12-14)16-5-1-2-6-18(16)29-19/h1-12,23H,13H2,(H,24,25). The van der Waals surface area contributed by atoms with Crippen LogP contribution in [0.4, 0.5) is 5.69 Å². The van der Waals surface area contributed by atoms with E-state index in [0.717, 1.165) is 27.7 Å². The lowest BCUT2D eigenvalue weighted by molar-refractivity contribution is 0.102. The van der Waals surface area contributed by atoms with Crippen molar-refractivity contribution in [2.75, 3.05) is 5.32 Å². The predicted octanol–water partition coefficient (Wildman–Crippen LogP) is 4.97. The van der Waals surface area contributed by atoms with E-state index in [9.17, 15) is 13.2 Å². The van der Waals surface area contributed by atoms with Crippen LogP contribution in [0, 0.1) is 0 Å². The molecule has 0 radical (unpaired) electrons. The number of hydrogen-bond acceptors (Lipinski definition) is 6. The zero-order valence-corrected chi connectivity index (χ0v) is 17.6. The van der Waals surface area contributed by atoms with Gasteiger partial charge >= 0.3 is 0 Å². The van der Waals surface area contributed by atoms with E-state index in [2.05, 4.69) is 10.0 Å². The minimum atomic E-state index is -3.89. The smallest absolute Gasteiger partial charge is 0.267 e. The second-order valence-electron chi connectivity index (χ2n) is 6.78. The highest BCUT2D eigenvalue weighted by Crippen LogP contribution is 2.31. The summed E-state index contributed by atoms with van der Waals surface area (Å²) in [6, 6.07) is 17.7. The maximum absolute atomic E-state index is 12.9. The number of hydrogen-bond donors (Lipinski definition) is 2. The molecular formula is C22H16N2O5S2. The summed E-state index contributed by atoms with van der Waals surface area (Å²) in [5.74, 6) is -0.0222. The van der Waals surface area contributed by atoms with Gasteiger partial charge in [0.2, 0.25) is 10.0 Å². The molecule has 0 bridgehead atoms. The Morgan fingerprint density at radius 3 is 2.65 bits per heavy atom. The summed E-state index contributed by atoms with van der Waals surface area (Å²) in [6.45, 7) is -0.00350.